The standard InChI is InChI=1S/C7H13NO4S/c1-3-12-7(9)5-13-6(2)4-8(10)11/h6H,3-5H2,1-2H3. The molecule has 0 heterocycles. The van der Waals surface area contributed by atoms with Crippen LogP contribution in [0.1, 0.15) is 13.8 Å². The normalized spacial score (nSPS) is 12.2. The molecule has 0 aromatic heterocycles. The molecular formula is C7H13NO4S. The molecule has 0 rings (SSSR count). The van der Waals surface area contributed by atoms with E-state index in [0.717, 1.165) is 0 Å². The molecule has 5 nitrogen and oxygen atoms in total. The van der Waals surface area contributed by atoms with Crippen molar-refractivity contribution >= 4 is 17.7 Å². The fourth-order valence-electron chi connectivity index (χ4n) is 0.676. The lowest BCUT2D eigenvalue weighted by atomic mass is 10.5. The molecule has 0 N–H and O–H groups in total. The zero-order chi connectivity index (χ0) is 10.3. The zero-order valence-corrected chi connectivity index (χ0v) is 8.50. The molecule has 0 aliphatic carbocycles. The minimum absolute atomic E-state index is 0.121. The second-order valence-electron chi connectivity index (χ2n) is 2.44. The van der Waals surface area contributed by atoms with Crippen molar-refractivity contribution < 1.29 is 14.5 Å². The van der Waals surface area contributed by atoms with Crippen LogP contribution in [0.15, 0.2) is 0 Å². The van der Waals surface area contributed by atoms with Crippen LogP contribution in [-0.4, -0.2) is 35.0 Å². The summed E-state index contributed by atoms with van der Waals surface area (Å²) >= 11 is 1.24. The molecule has 0 aromatic carbocycles. The van der Waals surface area contributed by atoms with E-state index in [1.807, 2.05) is 0 Å². The number of nitrogens with zero attached hydrogens (tertiary/aromatic N) is 1. The quantitative estimate of drug-likeness (QED) is 0.368. The highest BCUT2D eigenvalue weighted by Crippen LogP contribution is 2.10. The molecule has 0 saturated carbocycles. The van der Waals surface area contributed by atoms with Gasteiger partial charge in [-0.3, -0.25) is 14.9 Å². The Morgan fingerprint density at radius 2 is 2.31 bits per heavy atom. The molecule has 1 atom stereocenters. The van der Waals surface area contributed by atoms with E-state index in [1.54, 1.807) is 13.8 Å². The van der Waals surface area contributed by atoms with Crippen LogP contribution < -0.4 is 0 Å². The highest BCUT2D eigenvalue weighted by atomic mass is 32.2. The minimum atomic E-state index is -0.386. The topological polar surface area (TPSA) is 69.4 Å². The van der Waals surface area contributed by atoms with Crippen LogP contribution in [0.4, 0.5) is 0 Å². The molecule has 13 heavy (non-hydrogen) atoms. The van der Waals surface area contributed by atoms with E-state index in [4.69, 9.17) is 0 Å². The van der Waals surface area contributed by atoms with Crippen LogP contribution in [0.5, 0.6) is 0 Å². The van der Waals surface area contributed by atoms with E-state index in [1.165, 1.54) is 11.8 Å². The van der Waals surface area contributed by atoms with Crippen molar-refractivity contribution in [1.29, 1.82) is 0 Å². The monoisotopic (exact) mass is 207 g/mol. The number of carbonyl (C=O) groups excluding carboxylic acids is 1. The van der Waals surface area contributed by atoms with E-state index in [9.17, 15) is 14.9 Å². The maximum Gasteiger partial charge on any atom is 0.315 e. The summed E-state index contributed by atoms with van der Waals surface area (Å²) in [4.78, 5) is 20.5. The lowest BCUT2D eigenvalue weighted by molar-refractivity contribution is -0.478. The largest absolute Gasteiger partial charge is 0.465 e. The number of hydrogen-bond acceptors (Lipinski definition) is 5. The molecule has 0 radical (unpaired) electrons. The van der Waals surface area contributed by atoms with Gasteiger partial charge in [0, 0.05) is 4.92 Å². The average Bonchev–Trinajstić information content (AvgIpc) is 2.00. The van der Waals surface area contributed by atoms with Crippen LogP contribution >= 0.6 is 11.8 Å². The molecule has 0 spiro atoms. The Bertz CT molecular complexity index is 185. The third-order valence-corrected chi connectivity index (χ3v) is 2.32. The van der Waals surface area contributed by atoms with Crippen molar-refractivity contribution in [3.63, 3.8) is 0 Å². The van der Waals surface area contributed by atoms with Gasteiger partial charge < -0.3 is 4.74 Å². The molecule has 0 aromatic rings. The van der Waals surface area contributed by atoms with Gasteiger partial charge in [0.2, 0.25) is 6.54 Å². The smallest absolute Gasteiger partial charge is 0.315 e. The van der Waals surface area contributed by atoms with Gasteiger partial charge in [-0.15, -0.1) is 11.8 Å². The molecule has 0 aliphatic rings. The van der Waals surface area contributed by atoms with Gasteiger partial charge >= 0.3 is 5.97 Å². The highest BCUT2D eigenvalue weighted by Gasteiger charge is 2.12. The lowest BCUT2D eigenvalue weighted by Gasteiger charge is -2.05. The molecule has 0 amide bonds. The molecular weight excluding hydrogens is 194 g/mol. The average molecular weight is 207 g/mol. The number of rotatable bonds is 6. The summed E-state index contributed by atoms with van der Waals surface area (Å²) in [5, 5.41) is 9.90. The van der Waals surface area contributed by atoms with Gasteiger partial charge in [0.05, 0.1) is 17.6 Å². The van der Waals surface area contributed by atoms with Crippen LogP contribution in [-0.2, 0) is 9.53 Å². The van der Waals surface area contributed by atoms with Crippen LogP contribution in [0, 0.1) is 10.1 Å². The van der Waals surface area contributed by atoms with E-state index < -0.39 is 0 Å². The zero-order valence-electron chi connectivity index (χ0n) is 7.69. The van der Waals surface area contributed by atoms with Gasteiger partial charge in [-0.05, 0) is 13.8 Å². The number of esters is 1. The first-order valence-corrected chi connectivity index (χ1v) is 5.00. The van der Waals surface area contributed by atoms with Gasteiger partial charge in [-0.25, -0.2) is 0 Å². The fraction of sp³-hybridized carbons (Fsp3) is 0.857. The Kier molecular flexibility index (Phi) is 6.30. The Morgan fingerprint density at radius 3 is 2.77 bits per heavy atom. The first kappa shape index (κ1) is 12.2. The van der Waals surface area contributed by atoms with Crippen molar-refractivity contribution in [2.24, 2.45) is 0 Å². The van der Waals surface area contributed by atoms with E-state index in [0.29, 0.717) is 6.61 Å². The van der Waals surface area contributed by atoms with Gasteiger partial charge in [-0.1, -0.05) is 0 Å². The van der Waals surface area contributed by atoms with Crippen LogP contribution in [0.25, 0.3) is 0 Å². The summed E-state index contributed by atoms with van der Waals surface area (Å²) in [7, 11) is 0. The Hall–Kier alpha value is -0.780. The Morgan fingerprint density at radius 1 is 1.69 bits per heavy atom. The van der Waals surface area contributed by atoms with E-state index >= 15 is 0 Å². The van der Waals surface area contributed by atoms with Crippen LogP contribution in [0.3, 0.4) is 0 Å². The number of nitro groups is 1. The van der Waals surface area contributed by atoms with Crippen molar-refractivity contribution in [1.82, 2.24) is 0 Å². The van der Waals surface area contributed by atoms with Gasteiger partial charge in [0.25, 0.3) is 0 Å². The first-order valence-electron chi connectivity index (χ1n) is 3.95. The molecule has 0 bridgehead atoms. The van der Waals surface area contributed by atoms with Crippen LogP contribution in [0.2, 0.25) is 0 Å². The predicted octanol–water partition coefficient (Wildman–Crippen LogP) is 0.948. The Balaban J connectivity index is 3.51. The summed E-state index contributed by atoms with van der Waals surface area (Å²) in [5.41, 5.74) is 0. The fourth-order valence-corrected chi connectivity index (χ4v) is 1.41. The molecule has 1 unspecified atom stereocenters. The van der Waals surface area contributed by atoms with Gasteiger partial charge in [-0.2, -0.15) is 0 Å². The Labute approximate surface area is 81.0 Å². The minimum Gasteiger partial charge on any atom is -0.465 e. The molecule has 0 saturated heterocycles. The maximum atomic E-state index is 10.8. The first-order chi connectivity index (χ1) is 6.06. The number of carbonyl (C=O) groups is 1. The summed E-state index contributed by atoms with van der Waals surface area (Å²) in [6.45, 7) is 3.67. The van der Waals surface area contributed by atoms with Crippen molar-refractivity contribution in [2.45, 2.75) is 19.1 Å². The lowest BCUT2D eigenvalue weighted by Crippen LogP contribution is -2.16. The van der Waals surface area contributed by atoms with E-state index in [2.05, 4.69) is 4.74 Å². The van der Waals surface area contributed by atoms with Crippen molar-refractivity contribution in [2.75, 3.05) is 18.9 Å². The summed E-state index contributed by atoms with van der Waals surface area (Å²) < 4.78 is 4.67. The molecule has 0 aliphatic heterocycles. The number of thioether (sulfide) groups is 1. The second-order valence-corrected chi connectivity index (χ2v) is 3.87. The molecule has 76 valence electrons. The maximum absolute atomic E-state index is 10.8. The molecule has 0 fully saturated rings. The third kappa shape index (κ3) is 7.58. The SMILES string of the molecule is CCOC(=O)CSC(C)C[N+](=O)[O-]. The summed E-state index contributed by atoms with van der Waals surface area (Å²) in [6, 6.07) is 0. The van der Waals surface area contributed by atoms with Crippen molar-refractivity contribution in [3.8, 4) is 0 Å². The highest BCUT2D eigenvalue weighted by molar-refractivity contribution is 8.00. The van der Waals surface area contributed by atoms with Crippen molar-refractivity contribution in [3.05, 3.63) is 10.1 Å². The molecule has 6 heteroatoms. The number of hydrogen-bond donors (Lipinski definition) is 0. The summed E-state index contributed by atoms with van der Waals surface area (Å²) in [6.07, 6.45) is 0. The summed E-state index contributed by atoms with van der Waals surface area (Å²) in [5.74, 6) is -0.134. The van der Waals surface area contributed by atoms with Gasteiger partial charge in [0.1, 0.15) is 0 Å². The van der Waals surface area contributed by atoms with Gasteiger partial charge in [0.15, 0.2) is 0 Å². The second kappa shape index (κ2) is 6.71. The number of ether oxygens (including phenoxy) is 1. The van der Waals surface area contributed by atoms with E-state index in [-0.39, 0.29) is 28.4 Å². The third-order valence-electron chi connectivity index (χ3n) is 1.20. The predicted molar refractivity (Wildman–Crippen MR) is 50.4 cm³/mol.